The van der Waals surface area contributed by atoms with E-state index in [1.165, 1.54) is 13.4 Å². The Hall–Kier alpha value is -0.990. The van der Waals surface area contributed by atoms with E-state index in [4.69, 9.17) is 0 Å². The van der Waals surface area contributed by atoms with Crippen LogP contribution in [-0.2, 0) is 14.3 Å². The number of carbonyl (C=O) groups excluding carboxylic acids is 1. The summed E-state index contributed by atoms with van der Waals surface area (Å²) in [5.74, 6) is -0.398. The topological polar surface area (TPSA) is 35.5 Å². The number of hydrogen-bond donors (Lipinski definition) is 0. The predicted molar refractivity (Wildman–Crippen MR) is 28.2 cm³/mol. The summed E-state index contributed by atoms with van der Waals surface area (Å²) in [5, 5.41) is 0. The SMILES string of the molecule is C=COCC(=O)OC. The average Bonchev–Trinajstić information content (AvgIpc) is 1.83. The molecule has 0 radical (unpaired) electrons. The third-order valence-electron chi connectivity index (χ3n) is 0.547. The maximum Gasteiger partial charge on any atom is 0.343 e. The number of carbonyl (C=O) groups is 1. The second-order valence-electron chi connectivity index (χ2n) is 1.05. The highest BCUT2D eigenvalue weighted by Gasteiger charge is 1.94. The van der Waals surface area contributed by atoms with Gasteiger partial charge in [0.1, 0.15) is 0 Å². The molecule has 0 aromatic rings. The molecule has 0 aliphatic rings. The normalized spacial score (nSPS) is 7.62. The van der Waals surface area contributed by atoms with E-state index in [1.807, 2.05) is 0 Å². The van der Waals surface area contributed by atoms with Crippen molar-refractivity contribution < 1.29 is 14.3 Å². The molecular weight excluding hydrogens is 108 g/mol. The molecule has 0 amide bonds. The lowest BCUT2D eigenvalue weighted by atomic mass is 10.7. The largest absolute Gasteiger partial charge is 0.490 e. The molecule has 46 valence electrons. The molecule has 0 aliphatic carbocycles. The van der Waals surface area contributed by atoms with Crippen LogP contribution in [0.25, 0.3) is 0 Å². The van der Waals surface area contributed by atoms with Gasteiger partial charge in [-0.3, -0.25) is 0 Å². The van der Waals surface area contributed by atoms with Crippen molar-refractivity contribution in [2.45, 2.75) is 0 Å². The zero-order chi connectivity index (χ0) is 6.41. The molecule has 0 aromatic carbocycles. The lowest BCUT2D eigenvalue weighted by Gasteiger charge is -1.95. The van der Waals surface area contributed by atoms with Crippen molar-refractivity contribution in [2.75, 3.05) is 13.7 Å². The fourth-order valence-corrected chi connectivity index (χ4v) is 0.186. The Balaban J connectivity index is 3.11. The van der Waals surface area contributed by atoms with Crippen molar-refractivity contribution >= 4 is 5.97 Å². The van der Waals surface area contributed by atoms with Crippen LogP contribution in [-0.4, -0.2) is 19.7 Å². The van der Waals surface area contributed by atoms with Crippen LogP contribution in [0.3, 0.4) is 0 Å². The van der Waals surface area contributed by atoms with Gasteiger partial charge in [0, 0.05) is 0 Å². The van der Waals surface area contributed by atoms with Gasteiger partial charge in [0.15, 0.2) is 6.61 Å². The summed E-state index contributed by atoms with van der Waals surface area (Å²) in [6.45, 7) is 3.18. The summed E-state index contributed by atoms with van der Waals surface area (Å²) in [5.41, 5.74) is 0. The minimum Gasteiger partial charge on any atom is -0.490 e. The maximum atomic E-state index is 10.2. The molecule has 0 heterocycles. The summed E-state index contributed by atoms with van der Waals surface area (Å²) >= 11 is 0. The molecule has 3 nitrogen and oxygen atoms in total. The zero-order valence-electron chi connectivity index (χ0n) is 4.72. The minimum absolute atomic E-state index is 0.0556. The number of esters is 1. The molecule has 0 fully saturated rings. The first-order chi connectivity index (χ1) is 3.81. The summed E-state index contributed by atoms with van der Waals surface area (Å²) < 4.78 is 8.72. The Kier molecular flexibility index (Phi) is 3.66. The molecular formula is C5H8O3. The highest BCUT2D eigenvalue weighted by molar-refractivity contribution is 5.70. The lowest BCUT2D eigenvalue weighted by molar-refractivity contribution is -0.143. The lowest BCUT2D eigenvalue weighted by Crippen LogP contribution is -2.06. The second-order valence-corrected chi connectivity index (χ2v) is 1.05. The monoisotopic (exact) mass is 116 g/mol. The van der Waals surface area contributed by atoms with Crippen LogP contribution in [0.4, 0.5) is 0 Å². The summed E-state index contributed by atoms with van der Waals surface area (Å²) in [4.78, 5) is 10.2. The Labute approximate surface area is 47.9 Å². The van der Waals surface area contributed by atoms with Crippen LogP contribution in [0.2, 0.25) is 0 Å². The first-order valence-corrected chi connectivity index (χ1v) is 2.10. The minimum atomic E-state index is -0.398. The first kappa shape index (κ1) is 7.01. The van der Waals surface area contributed by atoms with Crippen LogP contribution in [0.5, 0.6) is 0 Å². The van der Waals surface area contributed by atoms with Crippen LogP contribution >= 0.6 is 0 Å². The van der Waals surface area contributed by atoms with Crippen LogP contribution in [0.1, 0.15) is 0 Å². The van der Waals surface area contributed by atoms with E-state index in [2.05, 4.69) is 16.1 Å². The molecule has 0 bridgehead atoms. The maximum absolute atomic E-state index is 10.2. The number of rotatable bonds is 3. The smallest absolute Gasteiger partial charge is 0.343 e. The van der Waals surface area contributed by atoms with E-state index < -0.39 is 5.97 Å². The third-order valence-corrected chi connectivity index (χ3v) is 0.547. The highest BCUT2D eigenvalue weighted by Crippen LogP contribution is 1.76. The van der Waals surface area contributed by atoms with Crippen molar-refractivity contribution in [3.63, 3.8) is 0 Å². The van der Waals surface area contributed by atoms with Crippen molar-refractivity contribution in [3.8, 4) is 0 Å². The Morgan fingerprint density at radius 2 is 2.50 bits per heavy atom. The van der Waals surface area contributed by atoms with Gasteiger partial charge in [0.2, 0.25) is 0 Å². The fraction of sp³-hybridized carbons (Fsp3) is 0.400. The van der Waals surface area contributed by atoms with E-state index in [9.17, 15) is 4.79 Å². The molecule has 0 atom stereocenters. The molecule has 0 spiro atoms. The predicted octanol–water partition coefficient (Wildman–Crippen LogP) is 0.319. The van der Waals surface area contributed by atoms with Crippen LogP contribution < -0.4 is 0 Å². The van der Waals surface area contributed by atoms with Gasteiger partial charge in [-0.25, -0.2) is 4.79 Å². The third kappa shape index (κ3) is 3.21. The molecule has 0 aliphatic heterocycles. The van der Waals surface area contributed by atoms with E-state index in [0.29, 0.717) is 0 Å². The molecule has 0 aromatic heterocycles. The molecule has 0 saturated heterocycles. The van der Waals surface area contributed by atoms with E-state index in [1.54, 1.807) is 0 Å². The van der Waals surface area contributed by atoms with Gasteiger partial charge >= 0.3 is 5.97 Å². The van der Waals surface area contributed by atoms with Gasteiger partial charge in [-0.15, -0.1) is 0 Å². The van der Waals surface area contributed by atoms with Crippen molar-refractivity contribution in [1.29, 1.82) is 0 Å². The van der Waals surface area contributed by atoms with Crippen LogP contribution in [0, 0.1) is 0 Å². The zero-order valence-corrected chi connectivity index (χ0v) is 4.72. The fourth-order valence-electron chi connectivity index (χ4n) is 0.186. The van der Waals surface area contributed by atoms with Gasteiger partial charge in [0.25, 0.3) is 0 Å². The van der Waals surface area contributed by atoms with Gasteiger partial charge in [-0.05, 0) is 0 Å². The summed E-state index contributed by atoms with van der Waals surface area (Å²) in [6, 6.07) is 0. The molecule has 0 unspecified atom stereocenters. The first-order valence-electron chi connectivity index (χ1n) is 2.10. The molecule has 8 heavy (non-hydrogen) atoms. The molecule has 0 saturated carbocycles. The molecule has 3 heteroatoms. The second kappa shape index (κ2) is 4.18. The van der Waals surface area contributed by atoms with Gasteiger partial charge in [0.05, 0.1) is 13.4 Å². The average molecular weight is 116 g/mol. The molecule has 0 rings (SSSR count). The summed E-state index contributed by atoms with van der Waals surface area (Å²) in [6.07, 6.45) is 1.19. The van der Waals surface area contributed by atoms with Crippen molar-refractivity contribution in [3.05, 3.63) is 12.8 Å². The number of ether oxygens (including phenoxy) is 2. The number of hydrogen-bond acceptors (Lipinski definition) is 3. The van der Waals surface area contributed by atoms with Crippen molar-refractivity contribution in [1.82, 2.24) is 0 Å². The van der Waals surface area contributed by atoms with Crippen LogP contribution in [0.15, 0.2) is 12.8 Å². The van der Waals surface area contributed by atoms with Gasteiger partial charge in [-0.1, -0.05) is 6.58 Å². The standard InChI is InChI=1S/C5H8O3/c1-3-8-4-5(6)7-2/h3H,1,4H2,2H3. The Bertz CT molecular complexity index is 87.7. The number of methoxy groups -OCH3 is 1. The highest BCUT2D eigenvalue weighted by atomic mass is 16.6. The van der Waals surface area contributed by atoms with E-state index in [0.717, 1.165) is 0 Å². The van der Waals surface area contributed by atoms with Crippen molar-refractivity contribution in [2.24, 2.45) is 0 Å². The van der Waals surface area contributed by atoms with E-state index >= 15 is 0 Å². The van der Waals surface area contributed by atoms with E-state index in [-0.39, 0.29) is 6.61 Å². The quantitative estimate of drug-likeness (QED) is 0.393. The van der Waals surface area contributed by atoms with Gasteiger partial charge in [-0.2, -0.15) is 0 Å². The summed E-state index contributed by atoms with van der Waals surface area (Å²) in [7, 11) is 1.30. The Morgan fingerprint density at radius 1 is 1.88 bits per heavy atom. The van der Waals surface area contributed by atoms with Gasteiger partial charge < -0.3 is 9.47 Å². The molecule has 0 N–H and O–H groups in total. The Morgan fingerprint density at radius 3 is 2.88 bits per heavy atom.